The molecule has 136 valence electrons. The molecule has 0 spiro atoms. The minimum Gasteiger partial charge on any atom is -0.481 e. The van der Waals surface area contributed by atoms with E-state index in [1.807, 2.05) is 4.90 Å². The highest BCUT2D eigenvalue weighted by atomic mass is 32.1. The van der Waals surface area contributed by atoms with Crippen molar-refractivity contribution in [2.45, 2.75) is 39.0 Å². The summed E-state index contributed by atoms with van der Waals surface area (Å²) in [4.78, 5) is 28.5. The molecule has 1 amide bonds. The van der Waals surface area contributed by atoms with Crippen molar-refractivity contribution in [2.75, 3.05) is 31.1 Å². The number of carbonyl (C=O) groups is 2. The maximum Gasteiger partial charge on any atom is 0.313 e. The van der Waals surface area contributed by atoms with Gasteiger partial charge in [0, 0.05) is 44.4 Å². The molecule has 0 radical (unpaired) electrons. The third kappa shape index (κ3) is 2.70. The molecular formula is C17H24N4O3S. The average Bonchev–Trinajstić information content (AvgIpc) is 3.16. The van der Waals surface area contributed by atoms with Crippen molar-refractivity contribution < 1.29 is 14.7 Å². The number of nitrogens with zero attached hydrogens (tertiary/aromatic N) is 4. The lowest BCUT2D eigenvalue weighted by Crippen LogP contribution is -2.44. The quantitative estimate of drug-likeness (QED) is 0.855. The molecule has 1 aromatic rings. The number of fused-ring (bicyclic) bond motifs is 1. The molecule has 4 rings (SSSR count). The summed E-state index contributed by atoms with van der Waals surface area (Å²) in [7, 11) is 0. The number of amides is 1. The Bertz CT molecular complexity index is 689. The number of carboxylic acids is 1. The van der Waals surface area contributed by atoms with Crippen LogP contribution < -0.4 is 4.90 Å². The first-order valence-corrected chi connectivity index (χ1v) is 9.94. The number of rotatable bonds is 5. The Kier molecular flexibility index (Phi) is 4.17. The van der Waals surface area contributed by atoms with Crippen molar-refractivity contribution in [2.24, 2.45) is 17.3 Å². The van der Waals surface area contributed by atoms with Crippen LogP contribution in [-0.2, 0) is 16.0 Å². The summed E-state index contributed by atoms with van der Waals surface area (Å²) in [5, 5.41) is 20.2. The molecule has 2 aliphatic heterocycles. The molecule has 1 aromatic heterocycles. The monoisotopic (exact) mass is 364 g/mol. The second-order valence-electron chi connectivity index (χ2n) is 7.61. The first-order chi connectivity index (χ1) is 12.0. The Morgan fingerprint density at radius 3 is 2.68 bits per heavy atom. The van der Waals surface area contributed by atoms with Crippen molar-refractivity contribution in [3.63, 3.8) is 0 Å². The molecule has 1 aliphatic carbocycles. The second kappa shape index (κ2) is 6.23. The van der Waals surface area contributed by atoms with Gasteiger partial charge in [0.05, 0.1) is 0 Å². The lowest BCUT2D eigenvalue weighted by atomic mass is 9.81. The fraction of sp³-hybridized carbons (Fsp3) is 0.765. The van der Waals surface area contributed by atoms with Crippen molar-refractivity contribution in [1.82, 2.24) is 15.1 Å². The third-order valence-corrected chi connectivity index (χ3v) is 7.04. The smallest absolute Gasteiger partial charge is 0.313 e. The molecule has 8 heteroatoms. The van der Waals surface area contributed by atoms with E-state index < -0.39 is 11.4 Å². The van der Waals surface area contributed by atoms with Crippen LogP contribution in [0.15, 0.2) is 0 Å². The van der Waals surface area contributed by atoms with Crippen LogP contribution in [0.25, 0.3) is 0 Å². The molecule has 1 saturated carbocycles. The molecule has 2 saturated heterocycles. The van der Waals surface area contributed by atoms with Gasteiger partial charge in [-0.15, -0.1) is 10.2 Å². The van der Waals surface area contributed by atoms with Gasteiger partial charge in [-0.05, 0) is 19.3 Å². The highest BCUT2D eigenvalue weighted by Gasteiger charge is 2.59. The molecule has 7 nitrogen and oxygen atoms in total. The Labute approximate surface area is 151 Å². The van der Waals surface area contributed by atoms with Gasteiger partial charge in [0.25, 0.3) is 0 Å². The molecule has 3 fully saturated rings. The van der Waals surface area contributed by atoms with Crippen LogP contribution in [0.4, 0.5) is 5.13 Å². The van der Waals surface area contributed by atoms with E-state index in [2.05, 4.69) is 22.0 Å². The Hall–Kier alpha value is -1.70. The number of anilines is 1. The van der Waals surface area contributed by atoms with E-state index in [0.29, 0.717) is 26.2 Å². The molecule has 3 heterocycles. The number of likely N-dealkylation sites (tertiary alicyclic amines) is 1. The molecular weight excluding hydrogens is 340 g/mol. The predicted octanol–water partition coefficient (Wildman–Crippen LogP) is 1.64. The van der Waals surface area contributed by atoms with Crippen molar-refractivity contribution >= 4 is 28.3 Å². The molecule has 25 heavy (non-hydrogen) atoms. The van der Waals surface area contributed by atoms with E-state index in [4.69, 9.17) is 0 Å². The van der Waals surface area contributed by atoms with Crippen LogP contribution in [0.3, 0.4) is 0 Å². The van der Waals surface area contributed by atoms with Gasteiger partial charge in [-0.25, -0.2) is 0 Å². The van der Waals surface area contributed by atoms with Gasteiger partial charge >= 0.3 is 5.97 Å². The topological polar surface area (TPSA) is 86.6 Å². The van der Waals surface area contributed by atoms with Crippen LogP contribution in [0, 0.1) is 17.3 Å². The average molecular weight is 364 g/mol. The van der Waals surface area contributed by atoms with E-state index >= 15 is 0 Å². The van der Waals surface area contributed by atoms with Gasteiger partial charge in [-0.1, -0.05) is 24.7 Å². The van der Waals surface area contributed by atoms with Crippen LogP contribution >= 0.6 is 11.3 Å². The molecule has 2 atom stereocenters. The van der Waals surface area contributed by atoms with Gasteiger partial charge < -0.3 is 14.9 Å². The highest BCUT2D eigenvalue weighted by molar-refractivity contribution is 7.15. The van der Waals surface area contributed by atoms with E-state index in [0.717, 1.165) is 42.2 Å². The van der Waals surface area contributed by atoms with Gasteiger partial charge in [-0.2, -0.15) is 0 Å². The second-order valence-corrected chi connectivity index (χ2v) is 8.65. The van der Waals surface area contributed by atoms with Crippen molar-refractivity contribution in [3.8, 4) is 0 Å². The molecule has 0 unspecified atom stereocenters. The summed E-state index contributed by atoms with van der Waals surface area (Å²) < 4.78 is 0. The van der Waals surface area contributed by atoms with Crippen LogP contribution in [0.5, 0.6) is 0 Å². The summed E-state index contributed by atoms with van der Waals surface area (Å²) in [6.07, 6.45) is 4.95. The fourth-order valence-corrected chi connectivity index (χ4v) is 5.23. The van der Waals surface area contributed by atoms with E-state index in [9.17, 15) is 14.7 Å². The highest BCUT2D eigenvalue weighted by Crippen LogP contribution is 2.45. The predicted molar refractivity (Wildman–Crippen MR) is 93.6 cm³/mol. The minimum atomic E-state index is -0.865. The lowest BCUT2D eigenvalue weighted by Gasteiger charge is -2.31. The number of carbonyl (C=O) groups excluding carboxylic acids is 1. The summed E-state index contributed by atoms with van der Waals surface area (Å²) in [6, 6.07) is 0. The molecule has 3 aliphatic rings. The first-order valence-electron chi connectivity index (χ1n) is 9.13. The van der Waals surface area contributed by atoms with E-state index in [-0.39, 0.29) is 17.7 Å². The first kappa shape index (κ1) is 16.8. The van der Waals surface area contributed by atoms with Crippen LogP contribution in [-0.4, -0.2) is 58.3 Å². The SMILES string of the molecule is CCCc1nnc(N2C[C@H]3CN(C(=O)C4CCC4)C[C@@]3(C(=O)O)C2)s1. The standard InChI is InChI=1S/C17H24N4O3S/c1-2-4-13-18-19-16(25-13)21-8-12-7-20(14(22)11-5-3-6-11)9-17(12,10-21)15(23)24/h11-12H,2-10H2,1H3,(H,23,24)/t12-,17-/m1/s1. The van der Waals surface area contributed by atoms with Gasteiger partial charge in [-0.3, -0.25) is 9.59 Å². The zero-order chi connectivity index (χ0) is 17.6. The number of aromatic nitrogens is 2. The Morgan fingerprint density at radius 2 is 2.08 bits per heavy atom. The maximum absolute atomic E-state index is 12.5. The minimum absolute atomic E-state index is 0.0347. The van der Waals surface area contributed by atoms with Crippen molar-refractivity contribution in [3.05, 3.63) is 5.01 Å². The zero-order valence-corrected chi connectivity index (χ0v) is 15.3. The summed E-state index contributed by atoms with van der Waals surface area (Å²) in [6.45, 7) is 4.05. The molecule has 0 aromatic carbocycles. The lowest BCUT2D eigenvalue weighted by molar-refractivity contribution is -0.149. The maximum atomic E-state index is 12.5. The van der Waals surface area contributed by atoms with Crippen molar-refractivity contribution in [1.29, 1.82) is 0 Å². The molecule has 0 bridgehead atoms. The Morgan fingerprint density at radius 1 is 1.28 bits per heavy atom. The number of aryl methyl sites for hydroxylation is 1. The number of carboxylic acid groups (broad SMARTS) is 1. The largest absolute Gasteiger partial charge is 0.481 e. The zero-order valence-electron chi connectivity index (χ0n) is 14.5. The van der Waals surface area contributed by atoms with Crippen LogP contribution in [0.2, 0.25) is 0 Å². The van der Waals surface area contributed by atoms with Gasteiger partial charge in [0.1, 0.15) is 10.4 Å². The van der Waals surface area contributed by atoms with E-state index in [1.54, 1.807) is 11.3 Å². The fourth-order valence-electron chi connectivity index (χ4n) is 4.28. The number of hydrogen-bond acceptors (Lipinski definition) is 6. The van der Waals surface area contributed by atoms with Crippen LogP contribution in [0.1, 0.15) is 37.6 Å². The summed E-state index contributed by atoms with van der Waals surface area (Å²) >= 11 is 1.56. The van der Waals surface area contributed by atoms with E-state index in [1.165, 1.54) is 0 Å². The molecule has 1 N–H and O–H groups in total. The number of hydrogen-bond donors (Lipinski definition) is 1. The third-order valence-electron chi connectivity index (χ3n) is 5.99. The number of aliphatic carboxylic acids is 1. The van der Waals surface area contributed by atoms with Gasteiger partial charge in [0.15, 0.2) is 0 Å². The summed E-state index contributed by atoms with van der Waals surface area (Å²) in [5.74, 6) is -0.538. The summed E-state index contributed by atoms with van der Waals surface area (Å²) in [5.41, 5.74) is -0.865. The normalized spacial score (nSPS) is 28.9. The van der Waals surface area contributed by atoms with Gasteiger partial charge in [0.2, 0.25) is 11.0 Å². The Balaban J connectivity index is 1.50.